The highest BCUT2D eigenvalue weighted by atomic mass is 35.6. The molecule has 0 fully saturated rings. The van der Waals surface area contributed by atoms with E-state index in [0.29, 0.717) is 5.52 Å². The second-order valence-electron chi connectivity index (χ2n) is 4.81. The molecule has 2 heterocycles. The van der Waals surface area contributed by atoms with E-state index in [0.717, 1.165) is 5.52 Å². The molecule has 3 aromatic rings. The van der Waals surface area contributed by atoms with Crippen molar-refractivity contribution in [2.75, 3.05) is 7.11 Å². The summed E-state index contributed by atoms with van der Waals surface area (Å²) in [7, 11) is 2.90. The maximum Gasteiger partial charge on any atom is 0.354 e. The van der Waals surface area contributed by atoms with Gasteiger partial charge in [0.1, 0.15) is 16.9 Å². The molecular formula is C14H10Cl3N3O3. The lowest BCUT2D eigenvalue weighted by Gasteiger charge is -2.15. The van der Waals surface area contributed by atoms with E-state index < -0.39 is 15.5 Å². The fraction of sp³-hybridized carbons (Fsp3) is 0.214. The number of benzene rings is 1. The number of hydrogen-bond donors (Lipinski definition) is 0. The first-order chi connectivity index (χ1) is 10.8. The molecule has 0 spiro atoms. The summed E-state index contributed by atoms with van der Waals surface area (Å²) in [5.41, 5.74) is 0.586. The van der Waals surface area contributed by atoms with Gasteiger partial charge >= 0.3 is 11.7 Å². The van der Waals surface area contributed by atoms with E-state index in [1.165, 1.54) is 11.5 Å². The van der Waals surface area contributed by atoms with Gasteiger partial charge in [-0.25, -0.2) is 14.0 Å². The van der Waals surface area contributed by atoms with Gasteiger partial charge in [0.2, 0.25) is 3.79 Å². The van der Waals surface area contributed by atoms with Gasteiger partial charge in [-0.15, -0.1) is 0 Å². The van der Waals surface area contributed by atoms with E-state index in [4.69, 9.17) is 39.5 Å². The van der Waals surface area contributed by atoms with Gasteiger partial charge in [0.05, 0.1) is 18.1 Å². The molecule has 0 amide bonds. The van der Waals surface area contributed by atoms with Crippen molar-refractivity contribution < 1.29 is 9.53 Å². The molecule has 9 heteroatoms. The van der Waals surface area contributed by atoms with Gasteiger partial charge in [-0.1, -0.05) is 46.9 Å². The monoisotopic (exact) mass is 373 g/mol. The summed E-state index contributed by atoms with van der Waals surface area (Å²) >= 11 is 17.7. The van der Waals surface area contributed by atoms with Crippen LogP contribution in [0.25, 0.3) is 16.7 Å². The van der Waals surface area contributed by atoms with Crippen molar-refractivity contribution in [3.63, 3.8) is 0 Å². The number of rotatable bonds is 1. The first kappa shape index (κ1) is 16.1. The number of aryl methyl sites for hydroxylation is 1. The quantitative estimate of drug-likeness (QED) is 0.485. The number of ether oxygens (including phenoxy) is 1. The average molecular weight is 375 g/mol. The molecule has 0 aliphatic carbocycles. The van der Waals surface area contributed by atoms with Crippen LogP contribution in [-0.2, 0) is 15.6 Å². The Hall–Kier alpha value is -1.76. The molecule has 0 saturated heterocycles. The molecule has 3 rings (SSSR count). The Morgan fingerprint density at radius 3 is 2.39 bits per heavy atom. The number of fused-ring (bicyclic) bond motifs is 3. The maximum atomic E-state index is 12.4. The highest BCUT2D eigenvalue weighted by Crippen LogP contribution is 2.40. The minimum Gasteiger partial charge on any atom is -0.465 e. The van der Waals surface area contributed by atoms with Crippen molar-refractivity contribution in [1.82, 2.24) is 14.0 Å². The van der Waals surface area contributed by atoms with Crippen LogP contribution >= 0.6 is 34.8 Å². The van der Waals surface area contributed by atoms with Gasteiger partial charge < -0.3 is 9.30 Å². The van der Waals surface area contributed by atoms with Gasteiger partial charge in [-0.3, -0.25) is 0 Å². The number of hydrogen-bond acceptors (Lipinski definition) is 4. The van der Waals surface area contributed by atoms with Crippen molar-refractivity contribution in [2.45, 2.75) is 3.79 Å². The van der Waals surface area contributed by atoms with E-state index in [1.807, 2.05) is 6.07 Å². The number of para-hydroxylation sites is 2. The minimum atomic E-state index is -2.05. The molecular weight excluding hydrogens is 365 g/mol. The normalized spacial score (nSPS) is 12.0. The molecule has 0 aliphatic heterocycles. The molecule has 2 aromatic heterocycles. The van der Waals surface area contributed by atoms with E-state index in [2.05, 4.69) is 4.98 Å². The molecule has 120 valence electrons. The van der Waals surface area contributed by atoms with Gasteiger partial charge in [0, 0.05) is 7.05 Å². The Morgan fingerprint density at radius 2 is 1.83 bits per heavy atom. The van der Waals surface area contributed by atoms with Crippen molar-refractivity contribution in [1.29, 1.82) is 0 Å². The number of aromatic nitrogens is 3. The molecule has 0 N–H and O–H groups in total. The molecule has 0 aliphatic rings. The third kappa shape index (κ3) is 2.38. The Bertz CT molecular complexity index is 1000. The maximum absolute atomic E-state index is 12.4. The number of alkyl halides is 3. The summed E-state index contributed by atoms with van der Waals surface area (Å²) in [5.74, 6) is -0.748. The Balaban J connectivity index is 2.65. The van der Waals surface area contributed by atoms with Crippen LogP contribution in [-0.4, -0.2) is 27.0 Å². The van der Waals surface area contributed by atoms with E-state index in [-0.39, 0.29) is 16.9 Å². The lowest BCUT2D eigenvalue weighted by Crippen LogP contribution is -2.26. The molecule has 0 radical (unpaired) electrons. The predicted molar refractivity (Wildman–Crippen MR) is 88.5 cm³/mol. The first-order valence-corrected chi connectivity index (χ1v) is 7.56. The highest BCUT2D eigenvalue weighted by Gasteiger charge is 2.35. The lowest BCUT2D eigenvalue weighted by molar-refractivity contribution is 0.0600. The zero-order chi connectivity index (χ0) is 16.9. The van der Waals surface area contributed by atoms with E-state index >= 15 is 0 Å². The molecule has 23 heavy (non-hydrogen) atoms. The van der Waals surface area contributed by atoms with Gasteiger partial charge in [-0.05, 0) is 12.1 Å². The second kappa shape index (κ2) is 5.40. The zero-order valence-electron chi connectivity index (χ0n) is 12.0. The summed E-state index contributed by atoms with van der Waals surface area (Å²) in [4.78, 5) is 28.5. The smallest absolute Gasteiger partial charge is 0.354 e. The Morgan fingerprint density at radius 1 is 1.22 bits per heavy atom. The number of carbonyl (C=O) groups excluding carboxylic acids is 1. The second-order valence-corrected chi connectivity index (χ2v) is 7.10. The molecule has 6 nitrogen and oxygen atoms in total. The highest BCUT2D eigenvalue weighted by molar-refractivity contribution is 6.66. The summed E-state index contributed by atoms with van der Waals surface area (Å²) in [6.07, 6.45) is 0. The number of carbonyl (C=O) groups is 1. The largest absolute Gasteiger partial charge is 0.465 e. The van der Waals surface area contributed by atoms with Crippen molar-refractivity contribution in [3.05, 3.63) is 46.0 Å². The molecule has 0 atom stereocenters. The number of methoxy groups -OCH3 is 1. The van der Waals surface area contributed by atoms with Crippen molar-refractivity contribution in [3.8, 4) is 0 Å². The van der Waals surface area contributed by atoms with Crippen LogP contribution < -0.4 is 5.69 Å². The fourth-order valence-corrected chi connectivity index (χ4v) is 3.00. The van der Waals surface area contributed by atoms with Crippen LogP contribution in [0.2, 0.25) is 0 Å². The average Bonchev–Trinajstić information content (AvgIpc) is 2.80. The van der Waals surface area contributed by atoms with Crippen LogP contribution in [0.3, 0.4) is 0 Å². The molecule has 0 unspecified atom stereocenters. The van der Waals surface area contributed by atoms with Crippen molar-refractivity contribution >= 4 is 57.5 Å². The van der Waals surface area contributed by atoms with Crippen LogP contribution in [0.1, 0.15) is 16.1 Å². The van der Waals surface area contributed by atoms with E-state index in [9.17, 15) is 9.59 Å². The molecule has 0 saturated carbocycles. The summed E-state index contributed by atoms with van der Waals surface area (Å²) < 4.78 is 5.69. The van der Waals surface area contributed by atoms with Crippen molar-refractivity contribution in [2.24, 2.45) is 7.05 Å². The third-order valence-corrected chi connectivity index (χ3v) is 4.07. The van der Waals surface area contributed by atoms with Crippen LogP contribution in [0.15, 0.2) is 29.1 Å². The van der Waals surface area contributed by atoms with Gasteiger partial charge in [-0.2, -0.15) is 4.98 Å². The standard InChI is InChI=1S/C14H10Cl3N3O3/c1-19-7-5-3-4-6-8(7)20-11(19)9(12(21)23-2)10(14(15,16)17)18-13(20)22/h3-6H,1-2H3. The number of nitrogens with zero attached hydrogens (tertiary/aromatic N) is 3. The van der Waals surface area contributed by atoms with Crippen LogP contribution in [0.4, 0.5) is 0 Å². The predicted octanol–water partition coefficient (Wildman–Crippen LogP) is 2.80. The Labute approximate surface area is 145 Å². The van der Waals surface area contributed by atoms with Crippen LogP contribution in [0.5, 0.6) is 0 Å². The van der Waals surface area contributed by atoms with Gasteiger partial charge in [0.25, 0.3) is 0 Å². The number of imidazole rings is 1. The molecule has 0 bridgehead atoms. The summed E-state index contributed by atoms with van der Waals surface area (Å²) in [6.45, 7) is 0. The number of esters is 1. The topological polar surface area (TPSA) is 65.6 Å². The summed E-state index contributed by atoms with van der Waals surface area (Å²) in [6, 6.07) is 7.13. The number of halogens is 3. The third-order valence-electron chi connectivity index (χ3n) is 3.53. The summed E-state index contributed by atoms with van der Waals surface area (Å²) in [5, 5.41) is 0. The van der Waals surface area contributed by atoms with E-state index in [1.54, 1.807) is 29.8 Å². The SMILES string of the molecule is COC(=O)c1c(C(Cl)(Cl)Cl)nc(=O)n2c3ccccc3n(C)c12. The lowest BCUT2D eigenvalue weighted by atomic mass is 10.2. The molecule has 1 aromatic carbocycles. The first-order valence-electron chi connectivity index (χ1n) is 6.43. The Kier molecular flexibility index (Phi) is 3.78. The van der Waals surface area contributed by atoms with Gasteiger partial charge in [0.15, 0.2) is 0 Å². The van der Waals surface area contributed by atoms with Crippen LogP contribution in [0, 0.1) is 0 Å². The minimum absolute atomic E-state index is 0.0641. The zero-order valence-corrected chi connectivity index (χ0v) is 14.3. The fourth-order valence-electron chi connectivity index (χ4n) is 2.59.